The Morgan fingerprint density at radius 1 is 0.419 bits per heavy atom. The van der Waals surface area contributed by atoms with E-state index >= 15 is 0 Å². The van der Waals surface area contributed by atoms with E-state index in [2.05, 4.69) is 241 Å². The average molecular weight is 964 g/mol. The van der Waals surface area contributed by atoms with E-state index in [1.54, 1.807) is 0 Å². The van der Waals surface area contributed by atoms with Crippen molar-refractivity contribution in [2.24, 2.45) is 10.8 Å². The molecule has 3 aliphatic heterocycles. The minimum Gasteiger partial charge on any atom is -0.334 e. The highest BCUT2D eigenvalue weighted by Crippen LogP contribution is 2.62. The first kappa shape index (κ1) is 45.8. The molecule has 74 heavy (non-hydrogen) atoms. The third-order valence-corrected chi connectivity index (χ3v) is 19.0. The molecule has 3 aliphatic carbocycles. The lowest BCUT2D eigenvalue weighted by atomic mass is 9.33. The molecule has 0 radical (unpaired) electrons. The van der Waals surface area contributed by atoms with Gasteiger partial charge in [0, 0.05) is 50.9 Å². The second kappa shape index (κ2) is 15.9. The molecule has 0 saturated heterocycles. The van der Waals surface area contributed by atoms with Crippen molar-refractivity contribution in [3.63, 3.8) is 0 Å². The van der Waals surface area contributed by atoms with Gasteiger partial charge in [-0.05, 0) is 188 Å². The Morgan fingerprint density at radius 3 is 1.68 bits per heavy atom. The lowest BCUT2D eigenvalue weighted by Crippen LogP contribution is -2.61. The third kappa shape index (κ3) is 6.85. The maximum absolute atomic E-state index is 2.85. The molecule has 6 aliphatic rings. The van der Waals surface area contributed by atoms with Crippen LogP contribution in [-0.2, 0) is 36.5 Å². The number of rotatable bonds is 5. The monoisotopic (exact) mass is 964 g/mol. The predicted octanol–water partition coefficient (Wildman–Crippen LogP) is 16.4. The maximum Gasteiger partial charge on any atom is 0.252 e. The third-order valence-electron chi connectivity index (χ3n) is 19.0. The molecule has 0 amide bonds. The lowest BCUT2D eigenvalue weighted by molar-refractivity contribution is 0.195. The van der Waals surface area contributed by atoms with Crippen molar-refractivity contribution in [2.45, 2.75) is 130 Å². The smallest absolute Gasteiger partial charge is 0.252 e. The Morgan fingerprint density at radius 2 is 1.00 bits per heavy atom. The fourth-order valence-corrected chi connectivity index (χ4v) is 15.3. The van der Waals surface area contributed by atoms with Crippen LogP contribution in [0.25, 0.3) is 22.3 Å². The number of hydrogen-bond acceptors (Lipinski definition) is 3. The van der Waals surface area contributed by atoms with Crippen LogP contribution >= 0.6 is 0 Å². The van der Waals surface area contributed by atoms with Gasteiger partial charge in [0.1, 0.15) is 0 Å². The number of hydrogen-bond donors (Lipinski definition) is 0. The summed E-state index contributed by atoms with van der Waals surface area (Å²) in [5, 5.41) is 0. The second-order valence-corrected chi connectivity index (χ2v) is 26.4. The summed E-state index contributed by atoms with van der Waals surface area (Å²) in [6.07, 6.45) is 9.19. The van der Waals surface area contributed by atoms with Crippen LogP contribution in [0.1, 0.15) is 121 Å². The zero-order valence-electron chi connectivity index (χ0n) is 45.2. The van der Waals surface area contributed by atoms with Gasteiger partial charge in [-0.3, -0.25) is 0 Å². The van der Waals surface area contributed by atoms with E-state index in [0.717, 1.165) is 32.1 Å². The summed E-state index contributed by atoms with van der Waals surface area (Å²) in [6, 6.07) is 64.4. The van der Waals surface area contributed by atoms with Gasteiger partial charge in [0.2, 0.25) is 0 Å². The predicted molar refractivity (Wildman–Crippen MR) is 315 cm³/mol. The summed E-state index contributed by atoms with van der Waals surface area (Å²) in [5.41, 5.74) is 28.6. The van der Waals surface area contributed by atoms with Crippen molar-refractivity contribution in [3.8, 4) is 22.3 Å². The van der Waals surface area contributed by atoms with Crippen molar-refractivity contribution in [1.82, 2.24) is 0 Å². The summed E-state index contributed by atoms with van der Waals surface area (Å²) >= 11 is 0. The van der Waals surface area contributed by atoms with Crippen LogP contribution < -0.4 is 31.1 Å². The van der Waals surface area contributed by atoms with Gasteiger partial charge in [0.25, 0.3) is 6.71 Å². The molecular weight excluding hydrogens is 894 g/mol. The van der Waals surface area contributed by atoms with Crippen LogP contribution in [0, 0.1) is 10.8 Å². The largest absolute Gasteiger partial charge is 0.334 e. The molecule has 2 atom stereocenters. The van der Waals surface area contributed by atoms with E-state index in [4.69, 9.17) is 0 Å². The van der Waals surface area contributed by atoms with E-state index in [1.807, 2.05) is 0 Å². The van der Waals surface area contributed by atoms with E-state index in [0.29, 0.717) is 0 Å². The summed E-state index contributed by atoms with van der Waals surface area (Å²) in [5.74, 6) is 0. The topological polar surface area (TPSA) is 9.72 Å². The SMILES string of the molecule is CC1(C)Cc2ccc(N3c4cc5c(cc4B4c6ccc(-c7ccccc7)cc6N(c6cccc(-c7ccccc7)c6)c6cc(N7c8ccc(C(C)(C)C)cc8C8(C)CCCCC78C)cc3c64)CC(C)(C)C5)cc2C1. The molecule has 3 nitrogen and oxygen atoms in total. The van der Waals surface area contributed by atoms with Crippen molar-refractivity contribution in [3.05, 3.63) is 197 Å². The molecule has 1 fully saturated rings. The highest BCUT2D eigenvalue weighted by Gasteiger charge is 2.58. The molecule has 8 aromatic rings. The molecule has 1 saturated carbocycles. The van der Waals surface area contributed by atoms with Gasteiger partial charge in [-0.1, -0.05) is 177 Å². The molecule has 0 N–H and O–H groups in total. The van der Waals surface area contributed by atoms with Crippen molar-refractivity contribution in [1.29, 1.82) is 0 Å². The molecule has 4 heteroatoms. The van der Waals surface area contributed by atoms with Crippen molar-refractivity contribution >= 4 is 68.6 Å². The molecule has 0 bridgehead atoms. The fraction of sp³-hybridized carbons (Fsp3) is 0.314. The van der Waals surface area contributed by atoms with Gasteiger partial charge in [-0.15, -0.1) is 0 Å². The average Bonchev–Trinajstić information content (AvgIpc) is 3.96. The zero-order chi connectivity index (χ0) is 50.7. The molecule has 368 valence electrons. The molecule has 2 unspecified atom stereocenters. The Kier molecular flexibility index (Phi) is 9.83. The quantitative estimate of drug-likeness (QED) is 0.159. The minimum atomic E-state index is -0.140. The van der Waals surface area contributed by atoms with Crippen molar-refractivity contribution in [2.75, 3.05) is 14.7 Å². The second-order valence-electron chi connectivity index (χ2n) is 26.4. The highest BCUT2D eigenvalue weighted by molar-refractivity contribution is 7.00. The number of benzene rings is 8. The summed E-state index contributed by atoms with van der Waals surface area (Å²) in [4.78, 5) is 8.24. The molecule has 0 aromatic heterocycles. The van der Waals surface area contributed by atoms with Gasteiger partial charge >= 0.3 is 0 Å². The van der Waals surface area contributed by atoms with E-state index in [9.17, 15) is 0 Å². The first-order valence-corrected chi connectivity index (χ1v) is 27.8. The lowest BCUT2D eigenvalue weighted by Gasteiger charge is -2.51. The summed E-state index contributed by atoms with van der Waals surface area (Å²) in [7, 11) is 0. The molecular formula is C70H70BN3. The zero-order valence-corrected chi connectivity index (χ0v) is 45.2. The van der Waals surface area contributed by atoms with Crippen LogP contribution in [0.3, 0.4) is 0 Å². The maximum atomic E-state index is 2.85. The van der Waals surface area contributed by atoms with E-state index < -0.39 is 0 Å². The Balaban J connectivity index is 1.10. The van der Waals surface area contributed by atoms with Gasteiger partial charge in [-0.2, -0.15) is 0 Å². The van der Waals surface area contributed by atoms with E-state index in [1.165, 1.54) is 137 Å². The number of nitrogens with zero attached hydrogens (tertiary/aromatic N) is 3. The van der Waals surface area contributed by atoms with Crippen LogP contribution in [0.2, 0.25) is 0 Å². The van der Waals surface area contributed by atoms with Crippen LogP contribution in [0.4, 0.5) is 45.5 Å². The molecule has 14 rings (SSSR count). The molecule has 8 aromatic carbocycles. The van der Waals surface area contributed by atoms with Gasteiger partial charge in [0.05, 0.1) is 5.54 Å². The fourth-order valence-electron chi connectivity index (χ4n) is 15.3. The van der Waals surface area contributed by atoms with Crippen LogP contribution in [0.5, 0.6) is 0 Å². The summed E-state index contributed by atoms with van der Waals surface area (Å²) < 4.78 is 0. The Bertz CT molecular complexity index is 3620. The molecule has 0 spiro atoms. The molecule has 3 heterocycles. The van der Waals surface area contributed by atoms with Gasteiger partial charge < -0.3 is 14.7 Å². The van der Waals surface area contributed by atoms with Gasteiger partial charge in [0.15, 0.2) is 0 Å². The highest BCUT2D eigenvalue weighted by atomic mass is 15.3. The summed E-state index contributed by atoms with van der Waals surface area (Å²) in [6.45, 7) is 22.2. The number of anilines is 8. The first-order valence-electron chi connectivity index (χ1n) is 27.8. The first-order chi connectivity index (χ1) is 35.5. The Labute approximate surface area is 441 Å². The van der Waals surface area contributed by atoms with Crippen LogP contribution in [0.15, 0.2) is 164 Å². The standard InChI is InChI=1S/C70H70BN3/c1-66(2,3)53-27-30-60-57(38-53)69(8)31-16-17-32-70(69,9)74(60)56-39-63-65-64(40-56)73(55-28-25-49-41-67(4,5)42-50(49)34-55)62-37-52-44-68(6,7)43-51(52)35-59(62)71(65)58-29-26-48(46-21-14-11-15-22-46)36-61(58)72(63)54-24-18-23-47(33-54)45-19-12-10-13-20-45/h10-15,18-30,33-40H,16-17,31-32,41-44H2,1-9H3. The normalized spacial score (nSPS) is 21.4. The Hall–Kier alpha value is -6.78. The van der Waals surface area contributed by atoms with Gasteiger partial charge in [-0.25, -0.2) is 0 Å². The van der Waals surface area contributed by atoms with Crippen LogP contribution in [-0.4, -0.2) is 12.3 Å². The van der Waals surface area contributed by atoms with Crippen molar-refractivity contribution < 1.29 is 0 Å². The van der Waals surface area contributed by atoms with E-state index in [-0.39, 0.29) is 33.9 Å². The minimum absolute atomic E-state index is 0.0202. The number of fused-ring (bicyclic) bond motifs is 9.